The molecule has 1 fully saturated rings. The summed E-state index contributed by atoms with van der Waals surface area (Å²) in [6.45, 7) is 3.08. The van der Waals surface area contributed by atoms with E-state index in [9.17, 15) is 18.0 Å². The van der Waals surface area contributed by atoms with Crippen molar-refractivity contribution in [2.24, 2.45) is 0 Å². The van der Waals surface area contributed by atoms with Gasteiger partial charge in [0.05, 0.1) is 18.3 Å². The molecule has 35 heavy (non-hydrogen) atoms. The lowest BCUT2D eigenvalue weighted by Gasteiger charge is -2.26. The van der Waals surface area contributed by atoms with Gasteiger partial charge in [-0.15, -0.1) is 0 Å². The van der Waals surface area contributed by atoms with Gasteiger partial charge in [-0.2, -0.15) is 13.2 Å². The summed E-state index contributed by atoms with van der Waals surface area (Å²) in [6.07, 6.45) is 3.99. The van der Waals surface area contributed by atoms with Crippen molar-refractivity contribution in [2.45, 2.75) is 38.4 Å². The first kappa shape index (κ1) is 24.7. The van der Waals surface area contributed by atoms with E-state index in [-0.39, 0.29) is 18.0 Å². The van der Waals surface area contributed by atoms with Gasteiger partial charge in [-0.05, 0) is 73.0 Å². The van der Waals surface area contributed by atoms with Crippen molar-refractivity contribution in [3.63, 3.8) is 0 Å². The van der Waals surface area contributed by atoms with Crippen molar-refractivity contribution >= 4 is 17.3 Å². The van der Waals surface area contributed by atoms with E-state index in [1.165, 1.54) is 25.3 Å². The Kier molecular flexibility index (Phi) is 7.65. The van der Waals surface area contributed by atoms with E-state index in [0.717, 1.165) is 59.8 Å². The summed E-state index contributed by atoms with van der Waals surface area (Å²) >= 11 is 0. The van der Waals surface area contributed by atoms with Crippen LogP contribution >= 0.6 is 0 Å². The summed E-state index contributed by atoms with van der Waals surface area (Å²) in [5.41, 5.74) is 3.83. The zero-order valence-corrected chi connectivity index (χ0v) is 19.5. The van der Waals surface area contributed by atoms with Crippen LogP contribution < -0.4 is 10.6 Å². The lowest BCUT2D eigenvalue weighted by atomic mass is 9.99. The minimum Gasteiger partial charge on any atom is -0.388 e. The molecule has 184 valence electrons. The van der Waals surface area contributed by atoms with Crippen LogP contribution in [-0.4, -0.2) is 40.9 Å². The van der Waals surface area contributed by atoms with Gasteiger partial charge in [-0.3, -0.25) is 14.7 Å². The molecule has 0 spiro atoms. The van der Waals surface area contributed by atoms with Gasteiger partial charge in [0, 0.05) is 37.2 Å². The van der Waals surface area contributed by atoms with Gasteiger partial charge in [0.2, 0.25) is 5.91 Å². The van der Waals surface area contributed by atoms with E-state index in [1.54, 1.807) is 7.05 Å². The number of amides is 1. The number of piperidine rings is 1. The zero-order valence-electron chi connectivity index (χ0n) is 19.5. The maximum atomic E-state index is 12.7. The summed E-state index contributed by atoms with van der Waals surface area (Å²) in [7, 11) is 1.77. The van der Waals surface area contributed by atoms with E-state index in [2.05, 4.69) is 31.6 Å². The average molecular weight is 484 g/mol. The van der Waals surface area contributed by atoms with Crippen LogP contribution in [0.1, 0.15) is 36.1 Å². The summed E-state index contributed by atoms with van der Waals surface area (Å²) in [4.78, 5) is 22.9. The lowest BCUT2D eigenvalue weighted by Crippen LogP contribution is -2.29. The number of rotatable bonds is 7. The number of hydrogen-bond donors (Lipinski definition) is 2. The highest BCUT2D eigenvalue weighted by atomic mass is 19.4. The number of likely N-dealkylation sites (tertiary alicyclic amines) is 1. The van der Waals surface area contributed by atoms with Crippen molar-refractivity contribution in [2.75, 3.05) is 30.8 Å². The number of hydrogen-bond acceptors (Lipinski definition) is 5. The molecule has 6 nitrogen and oxygen atoms in total. The fourth-order valence-corrected chi connectivity index (χ4v) is 4.28. The Morgan fingerprint density at radius 1 is 1.00 bits per heavy atom. The van der Waals surface area contributed by atoms with E-state index in [0.29, 0.717) is 0 Å². The molecule has 3 heterocycles. The van der Waals surface area contributed by atoms with Crippen LogP contribution in [0.2, 0.25) is 0 Å². The number of nitrogens with one attached hydrogen (secondary N) is 2. The van der Waals surface area contributed by atoms with Gasteiger partial charge in [-0.25, -0.2) is 4.98 Å². The highest BCUT2D eigenvalue weighted by Crippen LogP contribution is 2.29. The number of carbonyl (C=O) groups excluding carboxylic acids is 1. The fraction of sp³-hybridized carbons (Fsp3) is 0.346. The van der Waals surface area contributed by atoms with Crippen LogP contribution in [0.5, 0.6) is 0 Å². The summed E-state index contributed by atoms with van der Waals surface area (Å²) in [5, 5.41) is 5.71. The molecule has 2 N–H and O–H groups in total. The number of pyridine rings is 2. The molecule has 0 bridgehead atoms. The molecule has 1 aliphatic rings. The average Bonchev–Trinajstić information content (AvgIpc) is 2.84. The molecular weight excluding hydrogens is 455 g/mol. The predicted molar refractivity (Wildman–Crippen MR) is 130 cm³/mol. The van der Waals surface area contributed by atoms with Crippen molar-refractivity contribution in [3.8, 4) is 11.1 Å². The third-order valence-electron chi connectivity index (χ3n) is 6.05. The van der Waals surface area contributed by atoms with E-state index >= 15 is 0 Å². The Bertz CT molecular complexity index is 1160. The normalized spacial score (nSPS) is 14.5. The van der Waals surface area contributed by atoms with Crippen LogP contribution in [0.3, 0.4) is 0 Å². The topological polar surface area (TPSA) is 70.2 Å². The van der Waals surface area contributed by atoms with E-state index in [1.807, 2.05) is 30.6 Å². The third kappa shape index (κ3) is 6.57. The molecule has 2 aromatic heterocycles. The largest absolute Gasteiger partial charge is 0.433 e. The molecule has 9 heteroatoms. The second kappa shape index (κ2) is 10.9. The Labute approximate surface area is 202 Å². The number of nitrogens with zero attached hydrogens (tertiary/aromatic N) is 3. The Morgan fingerprint density at radius 2 is 1.80 bits per heavy atom. The monoisotopic (exact) mass is 483 g/mol. The second-order valence-corrected chi connectivity index (χ2v) is 8.70. The molecule has 0 aliphatic carbocycles. The van der Waals surface area contributed by atoms with Crippen LogP contribution in [0.15, 0.2) is 55.0 Å². The predicted octanol–water partition coefficient (Wildman–Crippen LogP) is 5.37. The van der Waals surface area contributed by atoms with Gasteiger partial charge in [0.1, 0.15) is 5.69 Å². The van der Waals surface area contributed by atoms with Crippen molar-refractivity contribution in [3.05, 3.63) is 71.8 Å². The van der Waals surface area contributed by atoms with E-state index < -0.39 is 11.9 Å². The molecule has 0 saturated carbocycles. The standard InChI is InChI=1S/C26H28F3N5O/c1-30-23-7-5-19(21-11-18(14-31-15-21)17-34-9-3-2-4-10-34)12-20(23)13-25(35)33-22-6-8-24(32-16-22)26(27,28)29/h5-8,11-12,14-16,30H,2-4,9-10,13,17H2,1H3,(H,33,35). The first-order valence-corrected chi connectivity index (χ1v) is 11.6. The quantitative estimate of drug-likeness (QED) is 0.473. The lowest BCUT2D eigenvalue weighted by molar-refractivity contribution is -0.141. The van der Waals surface area contributed by atoms with Crippen LogP contribution in [0, 0.1) is 0 Å². The molecule has 3 aromatic rings. The van der Waals surface area contributed by atoms with E-state index in [4.69, 9.17) is 0 Å². The van der Waals surface area contributed by atoms with Gasteiger partial charge in [-0.1, -0.05) is 12.5 Å². The maximum absolute atomic E-state index is 12.7. The fourth-order valence-electron chi connectivity index (χ4n) is 4.28. The zero-order chi connectivity index (χ0) is 24.8. The molecule has 0 unspecified atom stereocenters. The second-order valence-electron chi connectivity index (χ2n) is 8.70. The van der Waals surface area contributed by atoms with Crippen LogP contribution in [0.25, 0.3) is 11.1 Å². The Hall–Kier alpha value is -3.46. The minimum atomic E-state index is -4.52. The first-order valence-electron chi connectivity index (χ1n) is 11.6. The highest BCUT2D eigenvalue weighted by Gasteiger charge is 2.32. The number of carbonyl (C=O) groups is 1. The molecule has 1 saturated heterocycles. The van der Waals surface area contributed by atoms with Gasteiger partial charge in [0.15, 0.2) is 0 Å². The molecule has 1 amide bonds. The summed E-state index contributed by atoms with van der Waals surface area (Å²) in [6, 6.07) is 10.0. The van der Waals surface area contributed by atoms with Crippen molar-refractivity contribution in [1.82, 2.24) is 14.9 Å². The number of halogens is 3. The molecule has 0 radical (unpaired) electrons. The maximum Gasteiger partial charge on any atom is 0.433 e. The van der Waals surface area contributed by atoms with Gasteiger partial charge < -0.3 is 10.6 Å². The molecule has 1 aromatic carbocycles. The van der Waals surface area contributed by atoms with Crippen molar-refractivity contribution < 1.29 is 18.0 Å². The molecule has 4 rings (SSSR count). The minimum absolute atomic E-state index is 0.0476. The summed E-state index contributed by atoms with van der Waals surface area (Å²) < 4.78 is 38.1. The number of anilines is 2. The van der Waals surface area contributed by atoms with Crippen molar-refractivity contribution in [1.29, 1.82) is 0 Å². The number of benzene rings is 1. The number of alkyl halides is 3. The highest BCUT2D eigenvalue weighted by molar-refractivity contribution is 5.93. The smallest absolute Gasteiger partial charge is 0.388 e. The van der Waals surface area contributed by atoms with Crippen LogP contribution in [-0.2, 0) is 23.9 Å². The first-order chi connectivity index (χ1) is 16.8. The Balaban J connectivity index is 1.48. The number of aromatic nitrogens is 2. The van der Waals surface area contributed by atoms with Gasteiger partial charge >= 0.3 is 6.18 Å². The molecular formula is C26H28F3N5O. The van der Waals surface area contributed by atoms with Crippen LogP contribution in [0.4, 0.5) is 24.5 Å². The van der Waals surface area contributed by atoms with Gasteiger partial charge in [0.25, 0.3) is 0 Å². The SMILES string of the molecule is CNc1ccc(-c2cncc(CN3CCCCC3)c2)cc1CC(=O)Nc1ccc(C(F)(F)F)nc1. The molecule has 1 aliphatic heterocycles. The Morgan fingerprint density at radius 3 is 2.49 bits per heavy atom. The summed E-state index contributed by atoms with van der Waals surface area (Å²) in [5.74, 6) is -0.350. The third-order valence-corrected chi connectivity index (χ3v) is 6.05. The molecule has 0 atom stereocenters.